The molecule has 0 N–H and O–H groups in total. The van der Waals surface area contributed by atoms with Crippen molar-refractivity contribution in [1.82, 2.24) is 4.90 Å². The van der Waals surface area contributed by atoms with Gasteiger partial charge in [0, 0.05) is 4.88 Å². The largest absolute Gasteiger partial charge is 0.299 e. The van der Waals surface area contributed by atoms with E-state index in [0.29, 0.717) is 0 Å². The lowest BCUT2D eigenvalue weighted by molar-refractivity contribution is 0.152. The zero-order chi connectivity index (χ0) is 14.4. The van der Waals surface area contributed by atoms with Gasteiger partial charge >= 0.3 is 0 Å². The molecule has 0 spiro atoms. The highest BCUT2D eigenvalue weighted by atomic mass is 32.1. The standard InChI is InChI=1S/C18H23NS/c1-4-18(19(2)3,17-13-9-15-20-17)14-8-12-16-10-6-5-7-11-16/h5-13,15H,4,14H2,1-3H3/b12-8+. The molecule has 1 unspecified atom stereocenters. The maximum atomic E-state index is 2.36. The van der Waals surface area contributed by atoms with Crippen LogP contribution in [0.3, 0.4) is 0 Å². The number of hydrogen-bond donors (Lipinski definition) is 0. The fourth-order valence-electron chi connectivity index (χ4n) is 2.64. The van der Waals surface area contributed by atoms with Gasteiger partial charge in [0.2, 0.25) is 0 Å². The minimum atomic E-state index is 0.111. The molecule has 20 heavy (non-hydrogen) atoms. The van der Waals surface area contributed by atoms with Crippen LogP contribution < -0.4 is 0 Å². The van der Waals surface area contributed by atoms with Crippen LogP contribution >= 0.6 is 11.3 Å². The topological polar surface area (TPSA) is 3.24 Å². The molecule has 0 saturated heterocycles. The number of hydrogen-bond acceptors (Lipinski definition) is 2. The Bertz CT molecular complexity index is 528. The minimum absolute atomic E-state index is 0.111. The molecular formula is C18H23NS. The Kier molecular flexibility index (Phi) is 5.16. The molecule has 106 valence electrons. The Morgan fingerprint density at radius 3 is 2.40 bits per heavy atom. The quantitative estimate of drug-likeness (QED) is 0.720. The van der Waals surface area contributed by atoms with Crippen molar-refractivity contribution in [1.29, 1.82) is 0 Å². The van der Waals surface area contributed by atoms with Crippen LogP contribution in [0.15, 0.2) is 53.9 Å². The number of benzene rings is 1. The molecule has 0 aliphatic rings. The van der Waals surface area contributed by atoms with Crippen molar-refractivity contribution in [3.8, 4) is 0 Å². The molecule has 1 nitrogen and oxygen atoms in total. The monoisotopic (exact) mass is 285 g/mol. The van der Waals surface area contributed by atoms with Crippen LogP contribution in [0.1, 0.15) is 30.2 Å². The fourth-order valence-corrected chi connectivity index (χ4v) is 3.73. The van der Waals surface area contributed by atoms with Crippen LogP contribution in [-0.2, 0) is 5.54 Å². The van der Waals surface area contributed by atoms with Crippen molar-refractivity contribution in [3.63, 3.8) is 0 Å². The van der Waals surface area contributed by atoms with E-state index < -0.39 is 0 Å². The van der Waals surface area contributed by atoms with Crippen molar-refractivity contribution in [2.24, 2.45) is 0 Å². The Balaban J connectivity index is 2.19. The van der Waals surface area contributed by atoms with Gasteiger partial charge in [0.05, 0.1) is 5.54 Å². The minimum Gasteiger partial charge on any atom is -0.299 e. The van der Waals surface area contributed by atoms with Gasteiger partial charge in [-0.3, -0.25) is 4.90 Å². The van der Waals surface area contributed by atoms with E-state index in [1.807, 2.05) is 11.3 Å². The summed E-state index contributed by atoms with van der Waals surface area (Å²) in [4.78, 5) is 3.80. The molecule has 2 rings (SSSR count). The third-order valence-corrected chi connectivity index (χ3v) is 5.05. The third kappa shape index (κ3) is 3.20. The Morgan fingerprint density at radius 1 is 1.10 bits per heavy atom. The van der Waals surface area contributed by atoms with Gasteiger partial charge in [0.1, 0.15) is 0 Å². The van der Waals surface area contributed by atoms with Gasteiger partial charge in [-0.1, -0.05) is 55.5 Å². The highest BCUT2D eigenvalue weighted by Crippen LogP contribution is 2.37. The Labute approximate surface area is 126 Å². The molecule has 0 bridgehead atoms. The number of thiophene rings is 1. The molecule has 0 saturated carbocycles. The van der Waals surface area contributed by atoms with Gasteiger partial charge in [-0.25, -0.2) is 0 Å². The normalized spacial score (nSPS) is 14.8. The van der Waals surface area contributed by atoms with E-state index in [9.17, 15) is 0 Å². The van der Waals surface area contributed by atoms with Crippen LogP contribution in [0.25, 0.3) is 6.08 Å². The van der Waals surface area contributed by atoms with Gasteiger partial charge in [0.25, 0.3) is 0 Å². The molecule has 1 aromatic carbocycles. The molecule has 2 aromatic rings. The molecule has 0 amide bonds. The van der Waals surface area contributed by atoms with Gasteiger partial charge < -0.3 is 0 Å². The average molecular weight is 285 g/mol. The van der Waals surface area contributed by atoms with Crippen molar-refractivity contribution >= 4 is 17.4 Å². The second-order valence-electron chi connectivity index (χ2n) is 5.27. The summed E-state index contributed by atoms with van der Waals surface area (Å²) in [6.07, 6.45) is 6.67. The lowest BCUT2D eigenvalue weighted by atomic mass is 9.88. The maximum Gasteiger partial charge on any atom is 0.0580 e. The first-order valence-electron chi connectivity index (χ1n) is 7.12. The second kappa shape index (κ2) is 6.87. The van der Waals surface area contributed by atoms with Gasteiger partial charge in [0.15, 0.2) is 0 Å². The summed E-state index contributed by atoms with van der Waals surface area (Å²) in [5, 5.41) is 2.17. The molecular weight excluding hydrogens is 262 g/mol. The summed E-state index contributed by atoms with van der Waals surface area (Å²) >= 11 is 1.85. The molecule has 1 heterocycles. The smallest absolute Gasteiger partial charge is 0.0580 e. The van der Waals surface area contributed by atoms with Crippen LogP contribution in [0, 0.1) is 0 Å². The van der Waals surface area contributed by atoms with Gasteiger partial charge in [-0.05, 0) is 43.9 Å². The van der Waals surface area contributed by atoms with E-state index in [0.717, 1.165) is 12.8 Å². The second-order valence-corrected chi connectivity index (χ2v) is 6.22. The van der Waals surface area contributed by atoms with E-state index in [1.54, 1.807) is 0 Å². The number of nitrogens with zero attached hydrogens (tertiary/aromatic N) is 1. The summed E-state index contributed by atoms with van der Waals surface area (Å²) in [7, 11) is 4.36. The molecule has 1 aromatic heterocycles. The predicted octanol–water partition coefficient (Wildman–Crippen LogP) is 5.02. The van der Waals surface area contributed by atoms with Crippen LogP contribution in [0.2, 0.25) is 0 Å². The van der Waals surface area contributed by atoms with Crippen molar-refractivity contribution in [3.05, 3.63) is 64.4 Å². The van der Waals surface area contributed by atoms with E-state index in [-0.39, 0.29) is 5.54 Å². The summed E-state index contributed by atoms with van der Waals surface area (Å²) < 4.78 is 0. The fraction of sp³-hybridized carbons (Fsp3) is 0.333. The van der Waals surface area contributed by atoms with Crippen molar-refractivity contribution < 1.29 is 0 Å². The van der Waals surface area contributed by atoms with E-state index in [4.69, 9.17) is 0 Å². The lowest BCUT2D eigenvalue weighted by Crippen LogP contribution is -2.39. The maximum absolute atomic E-state index is 2.36. The highest BCUT2D eigenvalue weighted by Gasteiger charge is 2.32. The third-order valence-electron chi connectivity index (χ3n) is 3.99. The summed E-state index contributed by atoms with van der Waals surface area (Å²) in [6.45, 7) is 2.27. The predicted molar refractivity (Wildman–Crippen MR) is 90.1 cm³/mol. The van der Waals surface area contributed by atoms with E-state index in [1.165, 1.54) is 10.4 Å². The Morgan fingerprint density at radius 2 is 1.85 bits per heavy atom. The summed E-state index contributed by atoms with van der Waals surface area (Å²) in [5.41, 5.74) is 1.38. The van der Waals surface area contributed by atoms with E-state index in [2.05, 4.69) is 85.9 Å². The molecule has 0 radical (unpaired) electrons. The summed E-state index contributed by atoms with van der Waals surface area (Å²) in [5.74, 6) is 0. The molecule has 2 heteroatoms. The molecule has 1 atom stereocenters. The molecule has 0 aliphatic heterocycles. The Hall–Kier alpha value is -1.38. The van der Waals surface area contributed by atoms with E-state index >= 15 is 0 Å². The number of rotatable bonds is 6. The van der Waals surface area contributed by atoms with Gasteiger partial charge in [-0.15, -0.1) is 11.3 Å². The van der Waals surface area contributed by atoms with Gasteiger partial charge in [-0.2, -0.15) is 0 Å². The molecule has 0 aliphatic carbocycles. The van der Waals surface area contributed by atoms with Crippen molar-refractivity contribution in [2.45, 2.75) is 25.3 Å². The zero-order valence-electron chi connectivity index (χ0n) is 12.5. The first-order chi connectivity index (χ1) is 9.69. The SMILES string of the molecule is CCC(C/C=C/c1ccccc1)(c1cccs1)N(C)C. The van der Waals surface area contributed by atoms with Crippen LogP contribution in [0.4, 0.5) is 0 Å². The lowest BCUT2D eigenvalue weighted by Gasteiger charge is -2.38. The van der Waals surface area contributed by atoms with Crippen LogP contribution in [0.5, 0.6) is 0 Å². The summed E-state index contributed by atoms with van der Waals surface area (Å²) in [6, 6.07) is 14.9. The van der Waals surface area contributed by atoms with Crippen molar-refractivity contribution in [2.75, 3.05) is 14.1 Å². The van der Waals surface area contributed by atoms with Crippen LogP contribution in [-0.4, -0.2) is 19.0 Å². The highest BCUT2D eigenvalue weighted by molar-refractivity contribution is 7.10. The zero-order valence-corrected chi connectivity index (χ0v) is 13.4. The average Bonchev–Trinajstić information content (AvgIpc) is 2.99. The first-order valence-corrected chi connectivity index (χ1v) is 8.00. The first kappa shape index (κ1) is 15.0. The molecule has 0 fully saturated rings.